The van der Waals surface area contributed by atoms with Crippen LogP contribution in [0.1, 0.15) is 162 Å². The first kappa shape index (κ1) is 59.3. The summed E-state index contributed by atoms with van der Waals surface area (Å²) < 4.78 is 3.68. The molecule has 6 N–H and O–H groups in total. The highest BCUT2D eigenvalue weighted by molar-refractivity contribution is 5.95. The molecule has 10 atom stereocenters. The topological polar surface area (TPSA) is 242 Å². The first-order valence-corrected chi connectivity index (χ1v) is 30.1. The second-order valence-electron chi connectivity index (χ2n) is 22.9. The van der Waals surface area contributed by atoms with Crippen molar-refractivity contribution in [3.63, 3.8) is 0 Å². The standard InChI is InChI=1S/C62H84N14O6/c1-41(63-3)57(77)65-49-27-13-11-25-47-33-35-53(75(47)61(49)81)59(79)67-55(45-21-7-5-8-22-45)51-39-73(71-69-51)37-17-15-19-43-29-31-44(32-30-43)20-16-18-38-74-40-52(70-72-74)56(46-23-9-6-10-24-46)68-60(80)54-36-34-48-26-12-14-28-50(62(82)76(48)54)66-58(78)42(2)64-4/h5-10,21-24,29-32,39-42,47-50,53-56,63-64H,11-20,25-28,33-38H2,1-4H3,(H,65,77)(H,66,78)(H,67,79)(H,68,80)/t41-,42+,47?,48?,49?,50?,53-,54?,55?,56-/m0/s1. The van der Waals surface area contributed by atoms with Crippen molar-refractivity contribution in [2.75, 3.05) is 14.1 Å². The van der Waals surface area contributed by atoms with Gasteiger partial charge in [-0.15, -0.1) is 10.2 Å². The zero-order chi connectivity index (χ0) is 57.5. The summed E-state index contributed by atoms with van der Waals surface area (Å²) in [6, 6.07) is 23.5. The van der Waals surface area contributed by atoms with Crippen LogP contribution in [-0.2, 0) is 54.7 Å². The second kappa shape index (κ2) is 28.6. The van der Waals surface area contributed by atoms with Crippen LogP contribution < -0.4 is 31.9 Å². The van der Waals surface area contributed by atoms with Gasteiger partial charge in [0.1, 0.15) is 35.6 Å². The van der Waals surface area contributed by atoms with Crippen molar-refractivity contribution in [2.45, 2.75) is 203 Å². The summed E-state index contributed by atoms with van der Waals surface area (Å²) in [4.78, 5) is 86.0. The lowest BCUT2D eigenvalue weighted by atomic mass is 9.98. The highest BCUT2D eigenvalue weighted by Crippen LogP contribution is 2.34. The molecule has 438 valence electrons. The number of rotatable bonds is 24. The number of aryl methyl sites for hydroxylation is 4. The Hall–Kier alpha value is -7.32. The fraction of sp³-hybridized carbons (Fsp3) is 0.548. The van der Waals surface area contributed by atoms with E-state index >= 15 is 0 Å². The molecule has 4 aliphatic heterocycles. The number of amides is 6. The van der Waals surface area contributed by atoms with Crippen molar-refractivity contribution in [1.82, 2.24) is 71.7 Å². The first-order valence-electron chi connectivity index (χ1n) is 30.1. The summed E-state index contributed by atoms with van der Waals surface area (Å²) in [5.41, 5.74) is 5.53. The van der Waals surface area contributed by atoms with Crippen molar-refractivity contribution in [2.24, 2.45) is 0 Å². The Kier molecular flexibility index (Phi) is 20.7. The fourth-order valence-electron chi connectivity index (χ4n) is 12.3. The molecule has 6 unspecified atom stereocenters. The number of unbranched alkanes of at least 4 members (excludes halogenated alkanes) is 2. The van der Waals surface area contributed by atoms with Gasteiger partial charge in [0.05, 0.1) is 36.6 Å². The van der Waals surface area contributed by atoms with E-state index in [4.69, 9.17) is 0 Å². The maximum absolute atomic E-state index is 14.3. The van der Waals surface area contributed by atoms with Gasteiger partial charge in [-0.2, -0.15) is 0 Å². The van der Waals surface area contributed by atoms with Crippen LogP contribution in [-0.4, -0.2) is 138 Å². The predicted molar refractivity (Wildman–Crippen MR) is 310 cm³/mol. The van der Waals surface area contributed by atoms with Gasteiger partial charge in [-0.1, -0.05) is 121 Å². The van der Waals surface area contributed by atoms with E-state index in [2.05, 4.69) is 76.8 Å². The molecule has 6 amide bonds. The van der Waals surface area contributed by atoms with Gasteiger partial charge in [-0.3, -0.25) is 38.1 Å². The normalized spacial score (nSPS) is 22.5. The zero-order valence-electron chi connectivity index (χ0n) is 48.2. The molecule has 2 aromatic heterocycles. The first-order chi connectivity index (χ1) is 39.9. The van der Waals surface area contributed by atoms with Crippen LogP contribution in [0.4, 0.5) is 0 Å². The number of nitrogens with one attached hydrogen (secondary N) is 6. The van der Waals surface area contributed by atoms with E-state index < -0.39 is 48.3 Å². The van der Waals surface area contributed by atoms with Crippen molar-refractivity contribution in [3.8, 4) is 0 Å². The molecular formula is C62H84N14O6. The Bertz CT molecular complexity index is 2720. The average molecular weight is 1120 g/mol. The Balaban J connectivity index is 0.734. The Labute approximate surface area is 482 Å². The lowest BCUT2D eigenvalue weighted by molar-refractivity contribution is -0.144. The van der Waals surface area contributed by atoms with E-state index in [0.29, 0.717) is 50.2 Å². The van der Waals surface area contributed by atoms with Gasteiger partial charge in [-0.25, -0.2) is 0 Å². The van der Waals surface area contributed by atoms with Gasteiger partial charge < -0.3 is 41.7 Å². The average Bonchev–Trinajstić information content (AvgIpc) is 4.39. The van der Waals surface area contributed by atoms with Crippen LogP contribution in [0, 0.1) is 0 Å². The number of nitrogens with zero attached hydrogens (tertiary/aromatic N) is 8. The summed E-state index contributed by atoms with van der Waals surface area (Å²) in [6.45, 7) is 4.86. The van der Waals surface area contributed by atoms with Crippen molar-refractivity contribution in [1.29, 1.82) is 0 Å². The molecule has 0 radical (unpaired) electrons. The number of carbonyl (C=O) groups excluding carboxylic acids is 6. The number of fused-ring (bicyclic) bond motifs is 2. The van der Waals surface area contributed by atoms with Gasteiger partial charge in [0, 0.05) is 25.2 Å². The molecule has 82 heavy (non-hydrogen) atoms. The molecule has 0 saturated carbocycles. The third-order valence-electron chi connectivity index (χ3n) is 17.3. The van der Waals surface area contributed by atoms with Crippen molar-refractivity contribution in [3.05, 3.63) is 131 Å². The third kappa shape index (κ3) is 14.8. The van der Waals surface area contributed by atoms with E-state index in [-0.39, 0.29) is 47.5 Å². The molecule has 4 aliphatic rings. The summed E-state index contributed by atoms with van der Waals surface area (Å²) in [7, 11) is 3.43. The van der Waals surface area contributed by atoms with Crippen LogP contribution in [0.3, 0.4) is 0 Å². The molecule has 9 rings (SSSR count). The lowest BCUT2D eigenvalue weighted by Gasteiger charge is -2.36. The molecule has 0 bridgehead atoms. The van der Waals surface area contributed by atoms with Gasteiger partial charge in [0.2, 0.25) is 35.4 Å². The van der Waals surface area contributed by atoms with E-state index in [1.165, 1.54) is 11.1 Å². The van der Waals surface area contributed by atoms with Crippen molar-refractivity contribution >= 4 is 35.4 Å². The number of likely N-dealkylation sites (N-methyl/N-ethyl adjacent to an activating group) is 2. The minimum atomic E-state index is -0.676. The molecule has 0 aliphatic carbocycles. The lowest BCUT2D eigenvalue weighted by Crippen LogP contribution is -2.58. The fourth-order valence-corrected chi connectivity index (χ4v) is 12.3. The summed E-state index contributed by atoms with van der Waals surface area (Å²) in [6.07, 6.45) is 18.2. The quantitative estimate of drug-likeness (QED) is 0.0427. The molecule has 20 heteroatoms. The Morgan fingerprint density at radius 2 is 0.902 bits per heavy atom. The molecule has 3 aromatic carbocycles. The molecule has 4 fully saturated rings. The molecule has 5 aromatic rings. The van der Waals surface area contributed by atoms with Crippen molar-refractivity contribution < 1.29 is 28.8 Å². The molecular weight excluding hydrogens is 1040 g/mol. The van der Waals surface area contributed by atoms with Gasteiger partial charge >= 0.3 is 0 Å². The number of carbonyl (C=O) groups is 6. The second-order valence-corrected chi connectivity index (χ2v) is 22.9. The number of aromatic nitrogens is 6. The Morgan fingerprint density at radius 1 is 0.512 bits per heavy atom. The highest BCUT2D eigenvalue weighted by Gasteiger charge is 2.46. The number of hydrogen-bond acceptors (Lipinski definition) is 12. The van der Waals surface area contributed by atoms with Gasteiger partial charge in [0.25, 0.3) is 0 Å². The number of benzene rings is 3. The molecule has 0 spiro atoms. The zero-order valence-corrected chi connectivity index (χ0v) is 48.2. The minimum absolute atomic E-state index is 0.0483. The maximum Gasteiger partial charge on any atom is 0.246 e. The minimum Gasteiger partial charge on any atom is -0.343 e. The van der Waals surface area contributed by atoms with E-state index in [0.717, 1.165) is 101 Å². The Morgan fingerprint density at radius 3 is 1.29 bits per heavy atom. The molecule has 20 nitrogen and oxygen atoms in total. The van der Waals surface area contributed by atoms with E-state index in [9.17, 15) is 28.8 Å². The van der Waals surface area contributed by atoms with E-state index in [1.807, 2.05) is 82.4 Å². The van der Waals surface area contributed by atoms with Crippen LogP contribution in [0.2, 0.25) is 0 Å². The SMILES string of the molecule is CN[C@@H](C)C(=O)NC1CCCCC2CC[C@@H](C(=O)NC(c3ccccc3)c3cn(CCCCc4ccc(CCCCn5cc([C@@H](NC(=O)C6CCC7CCCCC(NC(=O)[C@@H](C)NC)C(=O)N76)c6ccccc6)nn5)cc4)nn3)N2C1=O. The summed E-state index contributed by atoms with van der Waals surface area (Å²) in [5.74, 6) is -1.31. The van der Waals surface area contributed by atoms with Gasteiger partial charge in [-0.05, 0) is 140 Å². The highest BCUT2D eigenvalue weighted by atomic mass is 16.2. The van der Waals surface area contributed by atoms with Crippen LogP contribution in [0.5, 0.6) is 0 Å². The van der Waals surface area contributed by atoms with Crippen LogP contribution >= 0.6 is 0 Å². The third-order valence-corrected chi connectivity index (χ3v) is 17.3. The monoisotopic (exact) mass is 1120 g/mol. The van der Waals surface area contributed by atoms with Gasteiger partial charge in [0.15, 0.2) is 0 Å². The predicted octanol–water partition coefficient (Wildman–Crippen LogP) is 5.38. The number of hydrogen-bond donors (Lipinski definition) is 6. The molecule has 4 saturated heterocycles. The summed E-state index contributed by atoms with van der Waals surface area (Å²) >= 11 is 0. The largest absolute Gasteiger partial charge is 0.343 e. The van der Waals surface area contributed by atoms with Crippen LogP contribution in [0.15, 0.2) is 97.3 Å². The molecule has 6 heterocycles. The van der Waals surface area contributed by atoms with E-state index in [1.54, 1.807) is 37.7 Å². The van der Waals surface area contributed by atoms with Crippen LogP contribution in [0.25, 0.3) is 0 Å². The summed E-state index contributed by atoms with van der Waals surface area (Å²) in [5, 5.41) is 36.4. The smallest absolute Gasteiger partial charge is 0.246 e. The maximum atomic E-state index is 14.3.